The summed E-state index contributed by atoms with van der Waals surface area (Å²) in [5, 5.41) is 6.26. The van der Waals surface area contributed by atoms with Gasteiger partial charge in [0.05, 0.1) is 6.21 Å². The second-order valence-electron chi connectivity index (χ2n) is 5.81. The second-order valence-corrected chi connectivity index (χ2v) is 6.73. The van der Waals surface area contributed by atoms with Crippen molar-refractivity contribution >= 4 is 34.0 Å². The van der Waals surface area contributed by atoms with Crippen LogP contribution in [0, 0.1) is 0 Å². The van der Waals surface area contributed by atoms with Gasteiger partial charge in [-0.1, -0.05) is 28.1 Å². The SMILES string of the molecule is CC(C)NC(=O)C(=O)N/N=C\c1ccc(OCc2ccc(Br)cc2)cc1. The van der Waals surface area contributed by atoms with Gasteiger partial charge in [0.1, 0.15) is 12.4 Å². The predicted molar refractivity (Wildman–Crippen MR) is 104 cm³/mol. The lowest BCUT2D eigenvalue weighted by Gasteiger charge is -2.07. The Morgan fingerprint density at radius 1 is 1.08 bits per heavy atom. The highest BCUT2D eigenvalue weighted by atomic mass is 79.9. The molecule has 7 heteroatoms. The molecule has 0 spiro atoms. The quantitative estimate of drug-likeness (QED) is 0.430. The van der Waals surface area contributed by atoms with E-state index in [-0.39, 0.29) is 6.04 Å². The van der Waals surface area contributed by atoms with Gasteiger partial charge in [-0.3, -0.25) is 9.59 Å². The lowest BCUT2D eigenvalue weighted by Crippen LogP contribution is -2.41. The summed E-state index contributed by atoms with van der Waals surface area (Å²) in [6.07, 6.45) is 1.46. The minimum Gasteiger partial charge on any atom is -0.489 e. The van der Waals surface area contributed by atoms with E-state index in [2.05, 4.69) is 31.8 Å². The molecule has 6 nitrogen and oxygen atoms in total. The average Bonchev–Trinajstić information content (AvgIpc) is 2.61. The number of amides is 2. The number of carbonyl (C=O) groups excluding carboxylic acids is 2. The third-order valence-electron chi connectivity index (χ3n) is 3.20. The van der Waals surface area contributed by atoms with Crippen LogP contribution in [0.2, 0.25) is 0 Å². The summed E-state index contributed by atoms with van der Waals surface area (Å²) < 4.78 is 6.74. The van der Waals surface area contributed by atoms with Crippen LogP contribution in [0.15, 0.2) is 58.1 Å². The van der Waals surface area contributed by atoms with E-state index >= 15 is 0 Å². The zero-order chi connectivity index (χ0) is 18.9. The molecule has 2 aromatic rings. The maximum absolute atomic E-state index is 11.5. The van der Waals surface area contributed by atoms with Crippen LogP contribution >= 0.6 is 15.9 Å². The molecular weight excluding hydrogens is 398 g/mol. The number of hydrogen-bond acceptors (Lipinski definition) is 4. The Hall–Kier alpha value is -2.67. The molecule has 2 aromatic carbocycles. The number of hydrogen-bond donors (Lipinski definition) is 2. The molecular formula is C19H20BrN3O3. The van der Waals surface area contributed by atoms with Gasteiger partial charge in [-0.15, -0.1) is 0 Å². The molecule has 0 unspecified atom stereocenters. The van der Waals surface area contributed by atoms with E-state index in [0.29, 0.717) is 6.61 Å². The average molecular weight is 418 g/mol. The Morgan fingerprint density at radius 3 is 2.35 bits per heavy atom. The maximum Gasteiger partial charge on any atom is 0.329 e. The van der Waals surface area contributed by atoms with Crippen molar-refractivity contribution in [2.24, 2.45) is 5.10 Å². The van der Waals surface area contributed by atoms with Crippen LogP contribution in [0.25, 0.3) is 0 Å². The third-order valence-corrected chi connectivity index (χ3v) is 3.73. The van der Waals surface area contributed by atoms with Crippen LogP contribution in [-0.2, 0) is 16.2 Å². The monoisotopic (exact) mass is 417 g/mol. The lowest BCUT2D eigenvalue weighted by molar-refractivity contribution is -0.139. The number of benzene rings is 2. The van der Waals surface area contributed by atoms with Crippen LogP contribution in [0.4, 0.5) is 0 Å². The minimum absolute atomic E-state index is 0.109. The first-order valence-electron chi connectivity index (χ1n) is 8.05. The molecule has 2 N–H and O–H groups in total. The number of carbonyl (C=O) groups is 2. The second kappa shape index (κ2) is 9.72. The number of rotatable bonds is 6. The van der Waals surface area contributed by atoms with Crippen LogP contribution < -0.4 is 15.5 Å². The molecule has 2 amide bonds. The summed E-state index contributed by atoms with van der Waals surface area (Å²) >= 11 is 3.40. The molecule has 0 aromatic heterocycles. The van der Waals surface area contributed by atoms with Crippen LogP contribution in [-0.4, -0.2) is 24.1 Å². The molecule has 0 bridgehead atoms. The lowest BCUT2D eigenvalue weighted by atomic mass is 10.2. The van der Waals surface area contributed by atoms with E-state index in [0.717, 1.165) is 21.3 Å². The van der Waals surface area contributed by atoms with Crippen LogP contribution in [0.5, 0.6) is 5.75 Å². The normalized spacial score (nSPS) is 10.8. The molecule has 136 valence electrons. The van der Waals surface area contributed by atoms with Crippen molar-refractivity contribution in [3.63, 3.8) is 0 Å². The Labute approximate surface area is 160 Å². The molecule has 0 atom stereocenters. The zero-order valence-electron chi connectivity index (χ0n) is 14.5. The van der Waals surface area contributed by atoms with Gasteiger partial charge >= 0.3 is 11.8 Å². The van der Waals surface area contributed by atoms with Gasteiger partial charge in [0, 0.05) is 10.5 Å². The molecule has 0 aliphatic heterocycles. The van der Waals surface area contributed by atoms with Gasteiger partial charge in [-0.25, -0.2) is 5.43 Å². The fourth-order valence-corrected chi connectivity index (χ4v) is 2.21. The molecule has 0 radical (unpaired) electrons. The van der Waals surface area contributed by atoms with E-state index in [1.54, 1.807) is 26.0 Å². The number of ether oxygens (including phenoxy) is 1. The van der Waals surface area contributed by atoms with Crippen LogP contribution in [0.1, 0.15) is 25.0 Å². The number of hydrazone groups is 1. The van der Waals surface area contributed by atoms with Gasteiger partial charge in [0.2, 0.25) is 0 Å². The Morgan fingerprint density at radius 2 is 1.73 bits per heavy atom. The largest absolute Gasteiger partial charge is 0.489 e. The van der Waals surface area contributed by atoms with E-state index in [1.807, 2.05) is 36.4 Å². The van der Waals surface area contributed by atoms with E-state index in [1.165, 1.54) is 6.21 Å². The van der Waals surface area contributed by atoms with E-state index < -0.39 is 11.8 Å². The molecule has 0 saturated heterocycles. The van der Waals surface area contributed by atoms with Crippen molar-refractivity contribution in [1.82, 2.24) is 10.7 Å². The Kier molecular flexibility index (Phi) is 7.35. The topological polar surface area (TPSA) is 79.8 Å². The summed E-state index contributed by atoms with van der Waals surface area (Å²) in [5.41, 5.74) is 4.03. The maximum atomic E-state index is 11.5. The van der Waals surface area contributed by atoms with Crippen molar-refractivity contribution in [3.8, 4) is 5.75 Å². The number of nitrogens with one attached hydrogen (secondary N) is 2. The Bertz CT molecular complexity index is 772. The van der Waals surface area contributed by atoms with Gasteiger partial charge in [0.15, 0.2) is 0 Å². The highest BCUT2D eigenvalue weighted by Crippen LogP contribution is 2.15. The van der Waals surface area contributed by atoms with Gasteiger partial charge in [-0.2, -0.15) is 5.10 Å². The molecule has 0 heterocycles. The summed E-state index contributed by atoms with van der Waals surface area (Å²) in [7, 11) is 0. The van der Waals surface area contributed by atoms with Gasteiger partial charge in [0.25, 0.3) is 0 Å². The first-order chi connectivity index (χ1) is 12.4. The first kappa shape index (κ1) is 19.7. The smallest absolute Gasteiger partial charge is 0.329 e. The van der Waals surface area contributed by atoms with Crippen molar-refractivity contribution < 1.29 is 14.3 Å². The first-order valence-corrected chi connectivity index (χ1v) is 8.84. The van der Waals surface area contributed by atoms with E-state index in [9.17, 15) is 9.59 Å². The molecule has 2 rings (SSSR count). The van der Waals surface area contributed by atoms with E-state index in [4.69, 9.17) is 4.74 Å². The fraction of sp³-hybridized carbons (Fsp3) is 0.211. The van der Waals surface area contributed by atoms with Crippen LogP contribution in [0.3, 0.4) is 0 Å². The summed E-state index contributed by atoms with van der Waals surface area (Å²) in [4.78, 5) is 22.9. The molecule has 0 aliphatic carbocycles. The number of nitrogens with zero attached hydrogens (tertiary/aromatic N) is 1. The third kappa shape index (κ3) is 6.68. The highest BCUT2D eigenvalue weighted by molar-refractivity contribution is 9.10. The summed E-state index contributed by atoms with van der Waals surface area (Å²) in [6, 6.07) is 15.0. The summed E-state index contributed by atoms with van der Waals surface area (Å²) in [6.45, 7) is 4.02. The van der Waals surface area contributed by atoms with Crippen molar-refractivity contribution in [2.75, 3.05) is 0 Å². The Balaban J connectivity index is 1.82. The van der Waals surface area contributed by atoms with Gasteiger partial charge in [-0.05, 0) is 61.4 Å². The predicted octanol–water partition coefficient (Wildman–Crippen LogP) is 3.00. The van der Waals surface area contributed by atoms with Gasteiger partial charge < -0.3 is 10.1 Å². The van der Waals surface area contributed by atoms with Crippen molar-refractivity contribution in [2.45, 2.75) is 26.5 Å². The standard InChI is InChI=1S/C19H20BrN3O3/c1-13(2)22-18(24)19(25)23-21-11-14-5-9-17(10-6-14)26-12-15-3-7-16(20)8-4-15/h3-11,13H,12H2,1-2H3,(H,22,24)(H,23,25)/b21-11-. The fourth-order valence-electron chi connectivity index (χ4n) is 1.94. The molecule has 0 fully saturated rings. The minimum atomic E-state index is -0.801. The molecule has 0 saturated carbocycles. The number of halogens is 1. The summed E-state index contributed by atoms with van der Waals surface area (Å²) in [5.74, 6) is -0.788. The molecule has 26 heavy (non-hydrogen) atoms. The molecule has 0 aliphatic rings. The highest BCUT2D eigenvalue weighted by Gasteiger charge is 2.12. The van der Waals surface area contributed by atoms with Crippen molar-refractivity contribution in [3.05, 3.63) is 64.1 Å². The zero-order valence-corrected chi connectivity index (χ0v) is 16.1. The van der Waals surface area contributed by atoms with Crippen molar-refractivity contribution in [1.29, 1.82) is 0 Å².